The largest absolute Gasteiger partial charge is 0.378 e. The molecule has 0 bridgehead atoms. The van der Waals surface area contributed by atoms with Gasteiger partial charge in [0.15, 0.2) is 15.8 Å². The van der Waals surface area contributed by atoms with Crippen molar-refractivity contribution in [1.82, 2.24) is 10.6 Å². The summed E-state index contributed by atoms with van der Waals surface area (Å²) in [6, 6.07) is 8.58. The SMILES string of the molecule is CN=C(NCCCOC1CCCCC1)NCCCS(=O)(=O)c1ccccc1. The number of aliphatic imine (C=N–C) groups is 1. The molecule has 0 saturated heterocycles. The number of hydrogen-bond acceptors (Lipinski definition) is 4. The Morgan fingerprint density at radius 2 is 1.74 bits per heavy atom. The number of hydrogen-bond donors (Lipinski definition) is 2. The van der Waals surface area contributed by atoms with Crippen molar-refractivity contribution in [3.05, 3.63) is 30.3 Å². The van der Waals surface area contributed by atoms with E-state index < -0.39 is 9.84 Å². The molecular weight excluding hydrogens is 362 g/mol. The Hall–Kier alpha value is -1.60. The van der Waals surface area contributed by atoms with Crippen LogP contribution in [0.15, 0.2) is 40.2 Å². The lowest BCUT2D eigenvalue weighted by Crippen LogP contribution is -2.39. The summed E-state index contributed by atoms with van der Waals surface area (Å²) in [5, 5.41) is 6.41. The van der Waals surface area contributed by atoms with Gasteiger partial charge in [-0.15, -0.1) is 0 Å². The van der Waals surface area contributed by atoms with Gasteiger partial charge in [0.2, 0.25) is 0 Å². The molecule has 1 fully saturated rings. The molecule has 0 aromatic heterocycles. The number of nitrogens with zero attached hydrogens (tertiary/aromatic N) is 1. The second kappa shape index (κ2) is 12.0. The third-order valence-corrected chi connectivity index (χ3v) is 6.54. The third-order valence-electron chi connectivity index (χ3n) is 4.73. The molecule has 7 heteroatoms. The summed E-state index contributed by atoms with van der Waals surface area (Å²) in [5.41, 5.74) is 0. The van der Waals surface area contributed by atoms with Gasteiger partial charge in [0.1, 0.15) is 0 Å². The molecule has 0 amide bonds. The van der Waals surface area contributed by atoms with Crippen molar-refractivity contribution < 1.29 is 13.2 Å². The van der Waals surface area contributed by atoms with Crippen LogP contribution in [0, 0.1) is 0 Å². The highest BCUT2D eigenvalue weighted by Crippen LogP contribution is 2.20. The zero-order valence-corrected chi connectivity index (χ0v) is 17.1. The van der Waals surface area contributed by atoms with Crippen LogP contribution < -0.4 is 10.6 Å². The number of ether oxygens (including phenoxy) is 1. The summed E-state index contributed by atoms with van der Waals surface area (Å²) >= 11 is 0. The van der Waals surface area contributed by atoms with Crippen LogP contribution >= 0.6 is 0 Å². The highest BCUT2D eigenvalue weighted by atomic mass is 32.2. The quantitative estimate of drug-likeness (QED) is 0.362. The van der Waals surface area contributed by atoms with Crippen molar-refractivity contribution in [2.24, 2.45) is 4.99 Å². The molecule has 2 N–H and O–H groups in total. The number of guanidine groups is 1. The lowest BCUT2D eigenvalue weighted by Gasteiger charge is -2.22. The van der Waals surface area contributed by atoms with Crippen molar-refractivity contribution in [3.63, 3.8) is 0 Å². The van der Waals surface area contributed by atoms with Gasteiger partial charge in [-0.05, 0) is 37.8 Å². The molecule has 0 spiro atoms. The minimum atomic E-state index is -3.22. The second-order valence-electron chi connectivity index (χ2n) is 6.90. The number of sulfone groups is 1. The third kappa shape index (κ3) is 8.30. The lowest BCUT2D eigenvalue weighted by molar-refractivity contribution is 0.0277. The number of nitrogens with one attached hydrogen (secondary N) is 2. The van der Waals surface area contributed by atoms with Crippen LogP contribution in [-0.4, -0.2) is 53.0 Å². The van der Waals surface area contributed by atoms with Crippen molar-refractivity contribution in [3.8, 4) is 0 Å². The van der Waals surface area contributed by atoms with Crippen LogP contribution in [0.3, 0.4) is 0 Å². The van der Waals surface area contributed by atoms with Crippen LogP contribution in [0.5, 0.6) is 0 Å². The van der Waals surface area contributed by atoms with Gasteiger partial charge in [-0.1, -0.05) is 37.5 Å². The molecule has 0 aliphatic heterocycles. The van der Waals surface area contributed by atoms with Gasteiger partial charge in [0, 0.05) is 26.7 Å². The Morgan fingerprint density at radius 3 is 2.41 bits per heavy atom. The molecule has 2 rings (SSSR count). The molecule has 0 unspecified atom stereocenters. The van der Waals surface area contributed by atoms with E-state index in [9.17, 15) is 8.42 Å². The predicted octanol–water partition coefficient (Wildman–Crippen LogP) is 2.75. The van der Waals surface area contributed by atoms with Gasteiger partial charge < -0.3 is 15.4 Å². The van der Waals surface area contributed by atoms with Crippen LogP contribution in [0.2, 0.25) is 0 Å². The Kier molecular flexibility index (Phi) is 9.62. The van der Waals surface area contributed by atoms with Crippen LogP contribution in [0.1, 0.15) is 44.9 Å². The molecule has 1 aliphatic carbocycles. The topological polar surface area (TPSA) is 79.8 Å². The van der Waals surface area contributed by atoms with E-state index in [1.54, 1.807) is 31.3 Å². The minimum absolute atomic E-state index is 0.121. The Morgan fingerprint density at radius 1 is 1.07 bits per heavy atom. The van der Waals surface area contributed by atoms with Crippen LogP contribution in [0.4, 0.5) is 0 Å². The minimum Gasteiger partial charge on any atom is -0.378 e. The predicted molar refractivity (Wildman–Crippen MR) is 110 cm³/mol. The zero-order chi connectivity index (χ0) is 19.4. The van der Waals surface area contributed by atoms with E-state index in [1.165, 1.54) is 32.1 Å². The first-order valence-electron chi connectivity index (χ1n) is 9.96. The van der Waals surface area contributed by atoms with E-state index in [-0.39, 0.29) is 5.75 Å². The number of benzene rings is 1. The fourth-order valence-corrected chi connectivity index (χ4v) is 4.53. The molecule has 0 heterocycles. The molecular formula is C20H33N3O3S. The Bertz CT molecular complexity index is 656. The van der Waals surface area contributed by atoms with Crippen LogP contribution in [-0.2, 0) is 14.6 Å². The summed E-state index contributed by atoms with van der Waals surface area (Å²) in [7, 11) is -1.50. The fraction of sp³-hybridized carbons (Fsp3) is 0.650. The molecule has 27 heavy (non-hydrogen) atoms. The number of rotatable bonds is 10. The summed E-state index contributed by atoms with van der Waals surface area (Å²) in [4.78, 5) is 4.55. The van der Waals surface area contributed by atoms with Crippen molar-refractivity contribution in [2.75, 3.05) is 32.5 Å². The van der Waals surface area contributed by atoms with Crippen molar-refractivity contribution in [1.29, 1.82) is 0 Å². The average molecular weight is 396 g/mol. The molecule has 152 valence electrons. The first-order chi connectivity index (χ1) is 13.1. The molecule has 6 nitrogen and oxygen atoms in total. The fourth-order valence-electron chi connectivity index (χ4n) is 3.20. The molecule has 1 aromatic carbocycles. The Balaban J connectivity index is 1.56. The second-order valence-corrected chi connectivity index (χ2v) is 9.00. The maximum absolute atomic E-state index is 12.2. The van der Waals surface area contributed by atoms with Gasteiger partial charge in [-0.3, -0.25) is 4.99 Å². The summed E-state index contributed by atoms with van der Waals surface area (Å²) in [6.45, 7) is 2.11. The van der Waals surface area contributed by atoms with E-state index in [0.29, 0.717) is 29.9 Å². The van der Waals surface area contributed by atoms with Gasteiger partial charge in [-0.25, -0.2) is 8.42 Å². The zero-order valence-electron chi connectivity index (χ0n) is 16.3. The highest BCUT2D eigenvalue weighted by Gasteiger charge is 2.14. The first-order valence-corrected chi connectivity index (χ1v) is 11.6. The molecule has 1 saturated carbocycles. The molecule has 1 aliphatic rings. The maximum Gasteiger partial charge on any atom is 0.190 e. The lowest BCUT2D eigenvalue weighted by atomic mass is 9.98. The van der Waals surface area contributed by atoms with E-state index in [1.807, 2.05) is 6.07 Å². The maximum atomic E-state index is 12.2. The van der Waals surface area contributed by atoms with Crippen molar-refractivity contribution >= 4 is 15.8 Å². The van der Waals surface area contributed by atoms with E-state index in [2.05, 4.69) is 15.6 Å². The van der Waals surface area contributed by atoms with Crippen LogP contribution in [0.25, 0.3) is 0 Å². The van der Waals surface area contributed by atoms with Gasteiger partial charge in [-0.2, -0.15) is 0 Å². The van der Waals surface area contributed by atoms with Gasteiger partial charge in [0.25, 0.3) is 0 Å². The summed E-state index contributed by atoms with van der Waals surface area (Å²) < 4.78 is 30.4. The first kappa shape index (κ1) is 21.7. The van der Waals surface area contributed by atoms with E-state index >= 15 is 0 Å². The average Bonchev–Trinajstić information content (AvgIpc) is 2.70. The normalized spacial score (nSPS) is 16.3. The van der Waals surface area contributed by atoms with E-state index in [4.69, 9.17) is 4.74 Å². The highest BCUT2D eigenvalue weighted by molar-refractivity contribution is 7.91. The summed E-state index contributed by atoms with van der Waals surface area (Å²) in [6.07, 6.45) is 8.23. The monoisotopic (exact) mass is 395 g/mol. The molecule has 0 atom stereocenters. The Labute approximate surface area is 163 Å². The standard InChI is InChI=1S/C20H33N3O3S/c1-21-20(22-14-8-16-26-18-10-4-2-5-11-18)23-15-9-17-27(24,25)19-12-6-3-7-13-19/h3,6-7,12-13,18H,2,4-5,8-11,14-17H2,1H3,(H2,21,22,23). The molecule has 0 radical (unpaired) electrons. The summed E-state index contributed by atoms with van der Waals surface area (Å²) in [5.74, 6) is 0.820. The van der Waals surface area contributed by atoms with Crippen molar-refractivity contribution in [2.45, 2.75) is 55.9 Å². The van der Waals surface area contributed by atoms with E-state index in [0.717, 1.165) is 19.6 Å². The smallest absolute Gasteiger partial charge is 0.190 e. The van der Waals surface area contributed by atoms with Gasteiger partial charge >= 0.3 is 0 Å². The van der Waals surface area contributed by atoms with Gasteiger partial charge in [0.05, 0.1) is 16.8 Å². The molecule has 1 aromatic rings.